The van der Waals surface area contributed by atoms with Crippen LogP contribution in [0.3, 0.4) is 0 Å². The fraction of sp³-hybridized carbons (Fsp3) is 0.538. The lowest BCUT2D eigenvalue weighted by molar-refractivity contribution is 0.186. The van der Waals surface area contributed by atoms with Crippen molar-refractivity contribution in [2.75, 3.05) is 13.1 Å². The van der Waals surface area contributed by atoms with Crippen molar-refractivity contribution in [2.24, 2.45) is 0 Å². The van der Waals surface area contributed by atoms with Crippen molar-refractivity contribution in [1.82, 2.24) is 5.32 Å². The van der Waals surface area contributed by atoms with Crippen LogP contribution in [-0.4, -0.2) is 19.2 Å². The maximum atomic E-state index is 13.0. The first kappa shape index (κ1) is 13.0. The van der Waals surface area contributed by atoms with E-state index in [2.05, 4.69) is 19.2 Å². The molecular weight excluding hydrogens is 205 g/mol. The number of halogens is 1. The predicted octanol–water partition coefficient (Wildman–Crippen LogP) is 2.98. The molecule has 1 unspecified atom stereocenters. The largest absolute Gasteiger partial charge is 0.489 e. The summed E-state index contributed by atoms with van der Waals surface area (Å²) in [5.41, 5.74) is 0. The number of nitrogens with one attached hydrogen (secondary N) is 1. The van der Waals surface area contributed by atoms with Gasteiger partial charge in [-0.25, -0.2) is 4.39 Å². The van der Waals surface area contributed by atoms with Crippen LogP contribution >= 0.6 is 0 Å². The molecule has 1 N–H and O–H groups in total. The molecule has 0 fully saturated rings. The molecule has 0 aliphatic carbocycles. The van der Waals surface area contributed by atoms with Crippen molar-refractivity contribution in [2.45, 2.75) is 32.8 Å². The average molecular weight is 225 g/mol. The van der Waals surface area contributed by atoms with E-state index in [-0.39, 0.29) is 11.9 Å². The lowest BCUT2D eigenvalue weighted by Gasteiger charge is -2.18. The Bertz CT molecular complexity index is 304. The molecule has 16 heavy (non-hydrogen) atoms. The fourth-order valence-electron chi connectivity index (χ4n) is 1.56. The topological polar surface area (TPSA) is 21.3 Å². The fourth-order valence-corrected chi connectivity index (χ4v) is 1.56. The summed E-state index contributed by atoms with van der Waals surface area (Å²) < 4.78 is 18.7. The zero-order valence-electron chi connectivity index (χ0n) is 10.0. The quantitative estimate of drug-likeness (QED) is 0.770. The Hall–Kier alpha value is -1.09. The third kappa shape index (κ3) is 4.62. The summed E-state index contributed by atoms with van der Waals surface area (Å²) in [6, 6.07) is 6.30. The molecule has 0 saturated heterocycles. The van der Waals surface area contributed by atoms with Crippen LogP contribution in [0, 0.1) is 5.82 Å². The number of ether oxygens (including phenoxy) is 1. The summed E-state index contributed by atoms with van der Waals surface area (Å²) in [6.45, 7) is 5.91. The molecule has 0 radical (unpaired) electrons. The highest BCUT2D eigenvalue weighted by atomic mass is 19.1. The van der Waals surface area contributed by atoms with Crippen LogP contribution in [0.2, 0.25) is 0 Å². The van der Waals surface area contributed by atoms with Crippen LogP contribution in [0.1, 0.15) is 26.7 Å². The maximum Gasteiger partial charge on any atom is 0.126 e. The van der Waals surface area contributed by atoms with Gasteiger partial charge in [-0.15, -0.1) is 0 Å². The second-order valence-corrected chi connectivity index (χ2v) is 3.79. The zero-order valence-corrected chi connectivity index (χ0v) is 10.0. The van der Waals surface area contributed by atoms with E-state index in [1.165, 1.54) is 12.1 Å². The van der Waals surface area contributed by atoms with Gasteiger partial charge in [0, 0.05) is 12.6 Å². The molecule has 1 aromatic carbocycles. The van der Waals surface area contributed by atoms with E-state index >= 15 is 0 Å². The summed E-state index contributed by atoms with van der Waals surface area (Å²) >= 11 is 0. The SMILES string of the molecule is CCCC(CNCC)Oc1cccc(F)c1. The molecule has 0 spiro atoms. The third-order valence-corrected chi connectivity index (χ3v) is 2.33. The van der Waals surface area contributed by atoms with Gasteiger partial charge < -0.3 is 10.1 Å². The van der Waals surface area contributed by atoms with E-state index in [0.29, 0.717) is 5.75 Å². The van der Waals surface area contributed by atoms with Crippen LogP contribution in [0.25, 0.3) is 0 Å². The number of rotatable bonds is 7. The molecule has 3 heteroatoms. The average Bonchev–Trinajstić information content (AvgIpc) is 2.26. The number of hydrogen-bond acceptors (Lipinski definition) is 2. The van der Waals surface area contributed by atoms with Crippen LogP contribution < -0.4 is 10.1 Å². The van der Waals surface area contributed by atoms with E-state index in [1.54, 1.807) is 12.1 Å². The van der Waals surface area contributed by atoms with E-state index < -0.39 is 0 Å². The number of likely N-dealkylation sites (N-methyl/N-ethyl adjacent to an activating group) is 1. The smallest absolute Gasteiger partial charge is 0.126 e. The molecular formula is C13H20FNO. The van der Waals surface area contributed by atoms with Crippen LogP contribution in [0.15, 0.2) is 24.3 Å². The Morgan fingerprint density at radius 2 is 2.19 bits per heavy atom. The molecule has 0 aliphatic heterocycles. The first-order valence-electron chi connectivity index (χ1n) is 5.89. The van der Waals surface area contributed by atoms with Crippen molar-refractivity contribution in [3.63, 3.8) is 0 Å². The van der Waals surface area contributed by atoms with Crippen molar-refractivity contribution >= 4 is 0 Å². The van der Waals surface area contributed by atoms with E-state index in [4.69, 9.17) is 4.74 Å². The summed E-state index contributed by atoms with van der Waals surface area (Å²) in [5, 5.41) is 3.25. The molecule has 1 rings (SSSR count). The van der Waals surface area contributed by atoms with Crippen LogP contribution in [0.4, 0.5) is 4.39 Å². The van der Waals surface area contributed by atoms with Gasteiger partial charge in [-0.05, 0) is 25.1 Å². The van der Waals surface area contributed by atoms with Gasteiger partial charge >= 0.3 is 0 Å². The Balaban J connectivity index is 2.52. The van der Waals surface area contributed by atoms with E-state index in [0.717, 1.165) is 25.9 Å². The molecule has 0 amide bonds. The molecule has 1 aromatic rings. The summed E-state index contributed by atoms with van der Waals surface area (Å²) in [4.78, 5) is 0. The molecule has 2 nitrogen and oxygen atoms in total. The van der Waals surface area contributed by atoms with Gasteiger partial charge in [0.1, 0.15) is 17.7 Å². The van der Waals surface area contributed by atoms with Crippen LogP contribution in [-0.2, 0) is 0 Å². The van der Waals surface area contributed by atoms with Crippen molar-refractivity contribution < 1.29 is 9.13 Å². The molecule has 0 bridgehead atoms. The van der Waals surface area contributed by atoms with Crippen molar-refractivity contribution in [3.8, 4) is 5.75 Å². The summed E-state index contributed by atoms with van der Waals surface area (Å²) in [5.74, 6) is 0.354. The first-order valence-corrected chi connectivity index (χ1v) is 5.89. The highest BCUT2D eigenvalue weighted by molar-refractivity contribution is 5.22. The Morgan fingerprint density at radius 1 is 1.38 bits per heavy atom. The molecule has 90 valence electrons. The van der Waals surface area contributed by atoms with Gasteiger partial charge in [0.25, 0.3) is 0 Å². The predicted molar refractivity (Wildman–Crippen MR) is 64.3 cm³/mol. The van der Waals surface area contributed by atoms with Gasteiger partial charge in [0.15, 0.2) is 0 Å². The highest BCUT2D eigenvalue weighted by Crippen LogP contribution is 2.15. The molecule has 0 saturated carbocycles. The maximum absolute atomic E-state index is 13.0. The molecule has 0 aliphatic rings. The number of benzene rings is 1. The van der Waals surface area contributed by atoms with Gasteiger partial charge in [-0.3, -0.25) is 0 Å². The van der Waals surface area contributed by atoms with Gasteiger partial charge in [-0.2, -0.15) is 0 Å². The Labute approximate surface area is 96.8 Å². The summed E-state index contributed by atoms with van der Waals surface area (Å²) in [7, 11) is 0. The normalized spacial score (nSPS) is 12.4. The second kappa shape index (κ2) is 7.23. The highest BCUT2D eigenvalue weighted by Gasteiger charge is 2.08. The minimum absolute atomic E-state index is 0.117. The standard InChI is InChI=1S/C13H20FNO/c1-3-6-13(10-15-4-2)16-12-8-5-7-11(14)9-12/h5,7-9,13,15H,3-4,6,10H2,1-2H3. The van der Waals surface area contributed by atoms with E-state index in [9.17, 15) is 4.39 Å². The number of hydrogen-bond donors (Lipinski definition) is 1. The lowest BCUT2D eigenvalue weighted by Crippen LogP contribution is -2.31. The van der Waals surface area contributed by atoms with Crippen molar-refractivity contribution in [3.05, 3.63) is 30.1 Å². The Kier molecular flexibility index (Phi) is 5.86. The summed E-state index contributed by atoms with van der Waals surface area (Å²) in [6.07, 6.45) is 2.15. The molecule has 0 aromatic heterocycles. The molecule has 0 heterocycles. The van der Waals surface area contributed by atoms with Crippen LogP contribution in [0.5, 0.6) is 5.75 Å². The lowest BCUT2D eigenvalue weighted by atomic mass is 10.2. The Morgan fingerprint density at radius 3 is 2.81 bits per heavy atom. The minimum atomic E-state index is -0.254. The first-order chi connectivity index (χ1) is 7.76. The van der Waals surface area contributed by atoms with Gasteiger partial charge in [0.05, 0.1) is 0 Å². The monoisotopic (exact) mass is 225 g/mol. The van der Waals surface area contributed by atoms with Gasteiger partial charge in [-0.1, -0.05) is 26.3 Å². The van der Waals surface area contributed by atoms with Gasteiger partial charge in [0.2, 0.25) is 0 Å². The second-order valence-electron chi connectivity index (χ2n) is 3.79. The van der Waals surface area contributed by atoms with E-state index in [1.807, 2.05) is 0 Å². The van der Waals surface area contributed by atoms with Crippen molar-refractivity contribution in [1.29, 1.82) is 0 Å². The minimum Gasteiger partial charge on any atom is -0.489 e. The third-order valence-electron chi connectivity index (χ3n) is 2.33. The molecule has 1 atom stereocenters. The zero-order chi connectivity index (χ0) is 11.8.